The van der Waals surface area contributed by atoms with Crippen LogP contribution >= 0.6 is 11.3 Å². The Morgan fingerprint density at radius 2 is 1.08 bits per heavy atom. The van der Waals surface area contributed by atoms with Crippen LogP contribution in [0.1, 0.15) is 0 Å². The molecule has 0 aliphatic rings. The summed E-state index contributed by atoms with van der Waals surface area (Å²) in [6, 6.07) is 52.6. The fourth-order valence-corrected chi connectivity index (χ4v) is 8.17. The summed E-state index contributed by atoms with van der Waals surface area (Å²) < 4.78 is 9.20. The minimum Gasteiger partial charge on any atom is -0.456 e. The Hall–Kier alpha value is -6.17. The van der Waals surface area contributed by atoms with Gasteiger partial charge in [0, 0.05) is 53.0 Å². The maximum atomic E-state index is 6.59. The molecule has 3 heterocycles. The van der Waals surface area contributed by atoms with E-state index in [1.54, 1.807) is 0 Å². The van der Waals surface area contributed by atoms with E-state index in [2.05, 4.69) is 78.9 Å². The largest absolute Gasteiger partial charge is 0.456 e. The first-order chi connectivity index (χ1) is 23.8. The van der Waals surface area contributed by atoms with Crippen LogP contribution in [-0.4, -0.2) is 15.0 Å². The Kier molecular flexibility index (Phi) is 6.01. The molecule has 48 heavy (non-hydrogen) atoms. The van der Waals surface area contributed by atoms with E-state index in [1.807, 2.05) is 84.1 Å². The van der Waals surface area contributed by atoms with Crippen molar-refractivity contribution in [3.8, 4) is 45.3 Å². The van der Waals surface area contributed by atoms with Crippen molar-refractivity contribution in [3.05, 3.63) is 152 Å². The lowest BCUT2D eigenvalue weighted by atomic mass is 9.95. The second kappa shape index (κ2) is 10.7. The molecule has 3 aromatic heterocycles. The number of hydrogen-bond donors (Lipinski definition) is 0. The van der Waals surface area contributed by atoms with Gasteiger partial charge in [-0.2, -0.15) is 0 Å². The number of rotatable bonds is 4. The molecule has 0 atom stereocenters. The van der Waals surface area contributed by atoms with Gasteiger partial charge in [-0.15, -0.1) is 11.3 Å². The molecule has 224 valence electrons. The summed E-state index contributed by atoms with van der Waals surface area (Å²) in [6.07, 6.45) is 0. The lowest BCUT2D eigenvalue weighted by Gasteiger charge is -2.09. The topological polar surface area (TPSA) is 51.8 Å². The molecule has 0 N–H and O–H groups in total. The van der Waals surface area contributed by atoms with E-state index < -0.39 is 0 Å². The van der Waals surface area contributed by atoms with Crippen LogP contribution in [0.5, 0.6) is 0 Å². The van der Waals surface area contributed by atoms with Gasteiger partial charge in [0.05, 0.1) is 0 Å². The van der Waals surface area contributed by atoms with Gasteiger partial charge in [0.1, 0.15) is 11.2 Å². The van der Waals surface area contributed by atoms with Crippen LogP contribution in [0.15, 0.2) is 156 Å². The summed E-state index contributed by atoms with van der Waals surface area (Å²) in [7, 11) is 0. The third-order valence-corrected chi connectivity index (χ3v) is 10.3. The van der Waals surface area contributed by atoms with Gasteiger partial charge in [0.25, 0.3) is 0 Å². The zero-order chi connectivity index (χ0) is 31.6. The number of fused-ring (bicyclic) bond motifs is 8. The zero-order valence-corrected chi connectivity index (χ0v) is 26.4. The summed E-state index contributed by atoms with van der Waals surface area (Å²) in [4.78, 5) is 14.9. The van der Waals surface area contributed by atoms with Crippen molar-refractivity contribution in [3.63, 3.8) is 0 Å². The fraction of sp³-hybridized carbons (Fsp3) is 0. The van der Waals surface area contributed by atoms with Crippen molar-refractivity contribution < 1.29 is 4.42 Å². The maximum absolute atomic E-state index is 6.59. The lowest BCUT2D eigenvalue weighted by molar-refractivity contribution is 0.669. The predicted molar refractivity (Wildman–Crippen MR) is 199 cm³/mol. The van der Waals surface area contributed by atoms with Crippen molar-refractivity contribution >= 4 is 64.2 Å². The number of hydrogen-bond acceptors (Lipinski definition) is 5. The van der Waals surface area contributed by atoms with Gasteiger partial charge in [0.2, 0.25) is 0 Å². The Morgan fingerprint density at radius 1 is 0.417 bits per heavy atom. The predicted octanol–water partition coefficient (Wildman–Crippen LogP) is 12.0. The van der Waals surface area contributed by atoms with Gasteiger partial charge in [0.15, 0.2) is 17.5 Å². The number of furan rings is 1. The highest BCUT2D eigenvalue weighted by atomic mass is 32.1. The van der Waals surface area contributed by atoms with E-state index >= 15 is 0 Å². The molecule has 0 radical (unpaired) electrons. The Bertz CT molecular complexity index is 2780. The molecule has 0 saturated carbocycles. The minimum absolute atomic E-state index is 0.612. The summed E-state index contributed by atoms with van der Waals surface area (Å²) >= 11 is 1.86. The first-order valence-corrected chi connectivity index (χ1v) is 16.8. The summed E-state index contributed by atoms with van der Waals surface area (Å²) in [6.45, 7) is 0. The average Bonchev–Trinajstić information content (AvgIpc) is 3.73. The van der Waals surface area contributed by atoms with Crippen molar-refractivity contribution in [2.75, 3.05) is 0 Å². The second-order valence-electron chi connectivity index (χ2n) is 12.0. The monoisotopic (exact) mass is 631 g/mol. The van der Waals surface area contributed by atoms with Crippen molar-refractivity contribution in [1.82, 2.24) is 15.0 Å². The van der Waals surface area contributed by atoms with Crippen molar-refractivity contribution in [2.45, 2.75) is 0 Å². The van der Waals surface area contributed by atoms with E-state index in [9.17, 15) is 0 Å². The number of nitrogens with zero attached hydrogens (tertiary/aromatic N) is 3. The summed E-state index contributed by atoms with van der Waals surface area (Å²) in [5, 5.41) is 7.13. The van der Waals surface area contributed by atoms with Gasteiger partial charge < -0.3 is 4.42 Å². The molecule has 4 nitrogen and oxygen atoms in total. The molecule has 0 aliphatic heterocycles. The van der Waals surface area contributed by atoms with Crippen molar-refractivity contribution in [1.29, 1.82) is 0 Å². The van der Waals surface area contributed by atoms with Crippen LogP contribution in [-0.2, 0) is 0 Å². The highest BCUT2D eigenvalue weighted by Gasteiger charge is 2.19. The molecular formula is C43H25N3OS. The standard InChI is InChI=1S/C43H25N3OS/c1-3-11-27(12-4-1)41-44-42(28-13-5-2-6-14-28)46-43(45-41)34-18-10-19-35-39(34)33-24-22-29(25-36(33)47-35)30-17-9-15-26-21-23-32-31-16-7-8-20-37(31)48-40(32)38(26)30/h1-25H. The SMILES string of the molecule is c1ccc(-c2nc(-c3ccccc3)nc(-c3cccc4oc5cc(-c6cccc7ccc8c9ccccc9sc8c67)ccc5c34)n2)cc1. The van der Waals surface area contributed by atoms with Gasteiger partial charge in [-0.1, -0.05) is 127 Å². The number of thiophene rings is 1. The fourth-order valence-electron chi connectivity index (χ4n) is 6.90. The lowest BCUT2D eigenvalue weighted by Crippen LogP contribution is -2.00. The summed E-state index contributed by atoms with van der Waals surface area (Å²) in [5.41, 5.74) is 6.74. The molecular weight excluding hydrogens is 607 g/mol. The molecule has 0 saturated heterocycles. The third kappa shape index (κ3) is 4.25. The van der Waals surface area contributed by atoms with Gasteiger partial charge in [-0.05, 0) is 40.8 Å². The van der Waals surface area contributed by atoms with Crippen LogP contribution in [0.4, 0.5) is 0 Å². The third-order valence-electron chi connectivity index (χ3n) is 9.14. The Labute approximate surface area is 279 Å². The van der Waals surface area contributed by atoms with Crippen LogP contribution in [0, 0.1) is 0 Å². The van der Waals surface area contributed by atoms with E-state index in [0.717, 1.165) is 44.2 Å². The highest BCUT2D eigenvalue weighted by molar-refractivity contribution is 7.26. The van der Waals surface area contributed by atoms with Crippen molar-refractivity contribution in [2.24, 2.45) is 0 Å². The van der Waals surface area contributed by atoms with E-state index in [-0.39, 0.29) is 0 Å². The normalized spacial score (nSPS) is 11.8. The van der Waals surface area contributed by atoms with E-state index in [0.29, 0.717) is 17.5 Å². The first-order valence-electron chi connectivity index (χ1n) is 15.9. The molecule has 0 fully saturated rings. The molecule has 0 bridgehead atoms. The number of benzene rings is 7. The molecule has 5 heteroatoms. The maximum Gasteiger partial charge on any atom is 0.164 e. The van der Waals surface area contributed by atoms with E-state index in [4.69, 9.17) is 19.4 Å². The zero-order valence-electron chi connectivity index (χ0n) is 25.6. The van der Waals surface area contributed by atoms with Crippen LogP contribution in [0.25, 0.3) is 98.2 Å². The first kappa shape index (κ1) is 27.0. The molecule has 7 aromatic carbocycles. The van der Waals surface area contributed by atoms with Gasteiger partial charge >= 0.3 is 0 Å². The molecule has 0 amide bonds. The Morgan fingerprint density at radius 3 is 1.88 bits per heavy atom. The van der Waals surface area contributed by atoms with Gasteiger partial charge in [-0.25, -0.2) is 15.0 Å². The summed E-state index contributed by atoms with van der Waals surface area (Å²) in [5.74, 6) is 1.88. The average molecular weight is 632 g/mol. The second-order valence-corrected chi connectivity index (χ2v) is 13.0. The quantitative estimate of drug-likeness (QED) is 0.194. The van der Waals surface area contributed by atoms with Gasteiger partial charge in [-0.3, -0.25) is 0 Å². The van der Waals surface area contributed by atoms with Crippen LogP contribution in [0.2, 0.25) is 0 Å². The van der Waals surface area contributed by atoms with Crippen LogP contribution < -0.4 is 0 Å². The Balaban J connectivity index is 1.17. The molecule has 10 rings (SSSR count). The molecule has 10 aromatic rings. The highest BCUT2D eigenvalue weighted by Crippen LogP contribution is 2.44. The smallest absolute Gasteiger partial charge is 0.164 e. The molecule has 0 spiro atoms. The number of aromatic nitrogens is 3. The van der Waals surface area contributed by atoms with E-state index in [1.165, 1.54) is 36.5 Å². The minimum atomic E-state index is 0.612. The molecule has 0 aliphatic carbocycles. The van der Waals surface area contributed by atoms with Crippen LogP contribution in [0.3, 0.4) is 0 Å². The molecule has 0 unspecified atom stereocenters.